The lowest BCUT2D eigenvalue weighted by atomic mass is 10.3. The molecule has 0 saturated heterocycles. The molecule has 0 aromatic heterocycles. The Kier molecular flexibility index (Phi) is 7.05. The molecule has 0 aliphatic heterocycles. The molecular formula is C7H14N2O. The lowest BCUT2D eigenvalue weighted by molar-refractivity contribution is -0.117. The third-order valence-electron chi connectivity index (χ3n) is 0.795. The van der Waals surface area contributed by atoms with Crippen molar-refractivity contribution in [3.8, 4) is 0 Å². The maximum absolute atomic E-state index is 10.6. The molecule has 0 rings (SSSR count). The van der Waals surface area contributed by atoms with E-state index in [9.17, 15) is 4.79 Å². The molecule has 0 heterocycles. The summed E-state index contributed by atoms with van der Waals surface area (Å²) in [6, 6.07) is 0. The first kappa shape index (κ1) is 11.7. The maximum atomic E-state index is 10.6. The van der Waals surface area contributed by atoms with Crippen LogP contribution in [0.1, 0.15) is 6.92 Å². The Bertz CT molecular complexity index is 141. The Morgan fingerprint density at radius 1 is 1.70 bits per heavy atom. The predicted octanol–water partition coefficient (Wildman–Crippen LogP) is 1.03. The molecule has 0 radical (unpaired) electrons. The molecule has 0 atom stereocenters. The summed E-state index contributed by atoms with van der Waals surface area (Å²) in [5.41, 5.74) is 0.525. The van der Waals surface area contributed by atoms with Crippen LogP contribution in [0.3, 0.4) is 0 Å². The van der Waals surface area contributed by atoms with E-state index in [2.05, 4.69) is 18.5 Å². The minimum Gasteiger partial charge on any atom is -0.349 e. The van der Waals surface area contributed by atoms with Crippen LogP contribution in [0.5, 0.6) is 0 Å². The summed E-state index contributed by atoms with van der Waals surface area (Å²) in [6.45, 7) is 9.08. The predicted molar refractivity (Wildman–Crippen MR) is 43.0 cm³/mol. The number of rotatable bonds is 3. The number of carbonyl (C=O) groups excluding carboxylic acids is 1. The Balaban J connectivity index is 0. The fourth-order valence-corrected chi connectivity index (χ4v) is 0.316. The van der Waals surface area contributed by atoms with Gasteiger partial charge in [0.1, 0.15) is 0 Å². The molecule has 0 fully saturated rings. The summed E-state index contributed by atoms with van der Waals surface area (Å²) in [5, 5.41) is 2.58. The fourth-order valence-electron chi connectivity index (χ4n) is 0.316. The Labute approximate surface area is 61.4 Å². The topological polar surface area (TPSA) is 64.1 Å². The van der Waals surface area contributed by atoms with E-state index in [0.717, 1.165) is 0 Å². The van der Waals surface area contributed by atoms with Gasteiger partial charge in [0.25, 0.3) is 0 Å². The third kappa shape index (κ3) is 5.05. The largest absolute Gasteiger partial charge is 0.349 e. The third-order valence-corrected chi connectivity index (χ3v) is 0.795. The van der Waals surface area contributed by atoms with Crippen molar-refractivity contribution in [2.75, 3.05) is 6.54 Å². The van der Waals surface area contributed by atoms with Crippen molar-refractivity contribution < 1.29 is 4.79 Å². The van der Waals surface area contributed by atoms with Gasteiger partial charge in [-0.3, -0.25) is 4.79 Å². The highest BCUT2D eigenvalue weighted by molar-refractivity contribution is 5.92. The molecule has 0 spiro atoms. The van der Waals surface area contributed by atoms with Gasteiger partial charge in [0.2, 0.25) is 5.91 Å². The average Bonchev–Trinajstić information content (AvgIpc) is 1.82. The van der Waals surface area contributed by atoms with Gasteiger partial charge in [0.15, 0.2) is 0 Å². The first-order valence-electron chi connectivity index (χ1n) is 2.73. The molecule has 0 saturated carbocycles. The normalized spacial score (nSPS) is 7.30. The van der Waals surface area contributed by atoms with Crippen LogP contribution in [0.4, 0.5) is 0 Å². The van der Waals surface area contributed by atoms with E-state index in [4.69, 9.17) is 0 Å². The Morgan fingerprint density at radius 2 is 2.20 bits per heavy atom. The molecule has 0 aliphatic rings. The molecule has 3 nitrogen and oxygen atoms in total. The minimum absolute atomic E-state index is 0. The molecule has 0 unspecified atom stereocenters. The van der Waals surface area contributed by atoms with Gasteiger partial charge in [0.05, 0.1) is 0 Å². The molecule has 0 aromatic carbocycles. The van der Waals surface area contributed by atoms with Crippen molar-refractivity contribution in [1.29, 1.82) is 0 Å². The summed E-state index contributed by atoms with van der Waals surface area (Å²) in [5.74, 6) is -0.116. The lowest BCUT2D eigenvalue weighted by Crippen LogP contribution is -2.23. The van der Waals surface area contributed by atoms with Crippen LogP contribution in [-0.4, -0.2) is 12.5 Å². The molecule has 3 heteroatoms. The smallest absolute Gasteiger partial charge is 0.246 e. The first-order chi connectivity index (χ1) is 4.18. The molecule has 0 aromatic rings. The van der Waals surface area contributed by atoms with Gasteiger partial charge in [-0.1, -0.05) is 12.7 Å². The summed E-state index contributed by atoms with van der Waals surface area (Å²) in [4.78, 5) is 10.6. The van der Waals surface area contributed by atoms with Gasteiger partial charge in [0, 0.05) is 12.1 Å². The number of hydrogen-bond donors (Lipinski definition) is 2. The van der Waals surface area contributed by atoms with Crippen LogP contribution in [0, 0.1) is 0 Å². The average molecular weight is 142 g/mol. The summed E-state index contributed by atoms with van der Waals surface area (Å²) in [7, 11) is 0. The second-order valence-corrected chi connectivity index (χ2v) is 1.78. The lowest BCUT2D eigenvalue weighted by Gasteiger charge is -1.97. The second-order valence-electron chi connectivity index (χ2n) is 1.78. The van der Waals surface area contributed by atoms with Crippen LogP contribution < -0.4 is 11.5 Å². The zero-order valence-corrected chi connectivity index (χ0v) is 6.31. The van der Waals surface area contributed by atoms with E-state index < -0.39 is 0 Å². The zero-order chi connectivity index (χ0) is 7.28. The van der Waals surface area contributed by atoms with E-state index >= 15 is 0 Å². The number of hydrogen-bond acceptors (Lipinski definition) is 2. The van der Waals surface area contributed by atoms with Gasteiger partial charge < -0.3 is 11.5 Å². The van der Waals surface area contributed by atoms with E-state index in [1.54, 1.807) is 13.0 Å². The van der Waals surface area contributed by atoms with Gasteiger partial charge in [-0.2, -0.15) is 0 Å². The summed E-state index contributed by atoms with van der Waals surface area (Å²) >= 11 is 0. The quantitative estimate of drug-likeness (QED) is 0.456. The van der Waals surface area contributed by atoms with Crippen molar-refractivity contribution in [3.63, 3.8) is 0 Å². The molecule has 58 valence electrons. The van der Waals surface area contributed by atoms with Crippen LogP contribution in [0.2, 0.25) is 0 Å². The number of amides is 1. The monoisotopic (exact) mass is 142 g/mol. The maximum Gasteiger partial charge on any atom is 0.246 e. The summed E-state index contributed by atoms with van der Waals surface area (Å²) in [6.07, 6.45) is 1.63. The highest BCUT2D eigenvalue weighted by Gasteiger charge is 1.95. The van der Waals surface area contributed by atoms with Crippen molar-refractivity contribution in [1.82, 2.24) is 11.5 Å². The molecule has 0 aliphatic carbocycles. The molecule has 4 N–H and O–H groups in total. The van der Waals surface area contributed by atoms with Crippen LogP contribution in [-0.2, 0) is 4.79 Å². The van der Waals surface area contributed by atoms with E-state index in [1.807, 2.05) is 0 Å². The van der Waals surface area contributed by atoms with Gasteiger partial charge >= 0.3 is 0 Å². The molecular weight excluding hydrogens is 128 g/mol. The first-order valence-corrected chi connectivity index (χ1v) is 2.73. The Morgan fingerprint density at radius 3 is 2.50 bits per heavy atom. The Hall–Kier alpha value is -1.09. The van der Waals surface area contributed by atoms with Crippen molar-refractivity contribution in [2.24, 2.45) is 0 Å². The van der Waals surface area contributed by atoms with Crippen LogP contribution >= 0.6 is 0 Å². The van der Waals surface area contributed by atoms with E-state index in [0.29, 0.717) is 12.1 Å². The van der Waals surface area contributed by atoms with Crippen molar-refractivity contribution in [3.05, 3.63) is 24.8 Å². The van der Waals surface area contributed by atoms with E-state index in [-0.39, 0.29) is 12.1 Å². The zero-order valence-electron chi connectivity index (χ0n) is 6.31. The standard InChI is InChI=1S/C7H11NO.H3N/c1-4-5-8-7(9)6(2)3;/h4H,1-2,5H2,3H3,(H,8,9);1H3. The highest BCUT2D eigenvalue weighted by atomic mass is 16.1. The highest BCUT2D eigenvalue weighted by Crippen LogP contribution is 1.83. The SMILES string of the molecule is C=CCNC(=O)C(=C)C.N. The molecule has 10 heavy (non-hydrogen) atoms. The van der Waals surface area contributed by atoms with Crippen LogP contribution in [0.15, 0.2) is 24.8 Å². The van der Waals surface area contributed by atoms with Gasteiger partial charge in [-0.15, -0.1) is 6.58 Å². The van der Waals surface area contributed by atoms with Gasteiger partial charge in [-0.25, -0.2) is 0 Å². The molecule has 1 amide bonds. The van der Waals surface area contributed by atoms with Gasteiger partial charge in [-0.05, 0) is 6.92 Å². The molecule has 0 bridgehead atoms. The minimum atomic E-state index is -0.116. The fraction of sp³-hybridized carbons (Fsp3) is 0.286. The van der Waals surface area contributed by atoms with Crippen LogP contribution in [0.25, 0.3) is 0 Å². The summed E-state index contributed by atoms with van der Waals surface area (Å²) < 4.78 is 0. The number of nitrogens with one attached hydrogen (secondary N) is 1. The second kappa shape index (κ2) is 6.04. The van der Waals surface area contributed by atoms with Crippen molar-refractivity contribution in [2.45, 2.75) is 6.92 Å². The van der Waals surface area contributed by atoms with E-state index in [1.165, 1.54) is 0 Å². The number of carbonyl (C=O) groups is 1. The van der Waals surface area contributed by atoms with Crippen molar-refractivity contribution >= 4 is 5.91 Å².